The van der Waals surface area contributed by atoms with E-state index < -0.39 is 0 Å². The van der Waals surface area contributed by atoms with Gasteiger partial charge in [-0.1, -0.05) is 54.1 Å². The van der Waals surface area contributed by atoms with E-state index in [4.69, 9.17) is 9.97 Å². The Labute approximate surface area is 162 Å². The molecular weight excluding hydrogens is 332 g/mol. The van der Waals surface area contributed by atoms with Gasteiger partial charge in [0.2, 0.25) is 5.95 Å². The lowest BCUT2D eigenvalue weighted by Crippen LogP contribution is -2.20. The number of rotatable bonds is 7. The maximum Gasteiger partial charge on any atom is 0.225 e. The summed E-state index contributed by atoms with van der Waals surface area (Å²) in [7, 11) is 0. The van der Waals surface area contributed by atoms with Crippen LogP contribution >= 0.6 is 0 Å². The molecule has 1 aliphatic carbocycles. The average molecular weight is 361 g/mol. The van der Waals surface area contributed by atoms with E-state index in [0.717, 1.165) is 55.5 Å². The molecule has 1 aromatic carbocycles. The standard InChI is InChI=1S/C23H28N4/c1-3-10-19(11-4-1)12-9-15-24-23-25-21(20-13-5-2-6-14-20)18-22(26-23)27-16-7-8-17-27/h2-3,5-6,10-11,13-14,18H,1,4,7-9,12,15-17H2,(H,24,25,26). The van der Waals surface area contributed by atoms with E-state index in [1.54, 1.807) is 0 Å². The van der Waals surface area contributed by atoms with Gasteiger partial charge in [-0.15, -0.1) is 0 Å². The van der Waals surface area contributed by atoms with Gasteiger partial charge in [-0.2, -0.15) is 4.98 Å². The number of nitrogens with one attached hydrogen (secondary N) is 1. The van der Waals surface area contributed by atoms with Crippen LogP contribution in [0.25, 0.3) is 11.3 Å². The molecule has 2 heterocycles. The second kappa shape index (κ2) is 8.85. The van der Waals surface area contributed by atoms with Gasteiger partial charge in [0, 0.05) is 31.3 Å². The summed E-state index contributed by atoms with van der Waals surface area (Å²) in [5.74, 6) is 1.79. The average Bonchev–Trinajstić information content (AvgIpc) is 3.28. The maximum absolute atomic E-state index is 4.80. The van der Waals surface area contributed by atoms with E-state index in [2.05, 4.69) is 58.8 Å². The Morgan fingerprint density at radius 1 is 1.00 bits per heavy atom. The second-order valence-electron chi connectivity index (χ2n) is 7.28. The second-order valence-corrected chi connectivity index (χ2v) is 7.28. The lowest BCUT2D eigenvalue weighted by Gasteiger charge is -2.18. The zero-order chi connectivity index (χ0) is 18.3. The van der Waals surface area contributed by atoms with Gasteiger partial charge in [-0.05, 0) is 38.5 Å². The first-order chi connectivity index (χ1) is 13.4. The summed E-state index contributed by atoms with van der Waals surface area (Å²) < 4.78 is 0. The molecule has 1 N–H and O–H groups in total. The Bertz CT molecular complexity index is 804. The van der Waals surface area contributed by atoms with Gasteiger partial charge < -0.3 is 10.2 Å². The molecular formula is C23H28N4. The summed E-state index contributed by atoms with van der Waals surface area (Å²) in [6, 6.07) is 12.5. The molecule has 1 aliphatic heterocycles. The number of hydrogen-bond donors (Lipinski definition) is 1. The summed E-state index contributed by atoms with van der Waals surface area (Å²) in [4.78, 5) is 12.0. The largest absolute Gasteiger partial charge is 0.356 e. The van der Waals surface area contributed by atoms with Gasteiger partial charge in [-0.25, -0.2) is 4.98 Å². The van der Waals surface area contributed by atoms with E-state index in [0.29, 0.717) is 0 Å². The number of nitrogens with zero attached hydrogens (tertiary/aromatic N) is 3. The fourth-order valence-corrected chi connectivity index (χ4v) is 3.72. The Balaban J connectivity index is 1.46. The number of allylic oxidation sites excluding steroid dienone is 4. The van der Waals surface area contributed by atoms with Crippen molar-refractivity contribution >= 4 is 11.8 Å². The Kier molecular flexibility index (Phi) is 5.83. The molecule has 140 valence electrons. The molecule has 0 unspecified atom stereocenters. The molecule has 0 amide bonds. The van der Waals surface area contributed by atoms with Crippen molar-refractivity contribution in [2.45, 2.75) is 38.5 Å². The summed E-state index contributed by atoms with van der Waals surface area (Å²) in [6.07, 6.45) is 14.0. The quantitative estimate of drug-likeness (QED) is 0.688. The fraction of sp³-hybridized carbons (Fsp3) is 0.391. The molecule has 1 fully saturated rings. The first-order valence-electron chi connectivity index (χ1n) is 10.2. The predicted molar refractivity (Wildman–Crippen MR) is 113 cm³/mol. The highest BCUT2D eigenvalue weighted by Gasteiger charge is 2.16. The van der Waals surface area contributed by atoms with Crippen molar-refractivity contribution in [2.24, 2.45) is 0 Å². The summed E-state index contributed by atoms with van der Waals surface area (Å²) in [6.45, 7) is 3.07. The Morgan fingerprint density at radius 3 is 2.63 bits per heavy atom. The van der Waals surface area contributed by atoms with Crippen LogP contribution < -0.4 is 10.2 Å². The minimum atomic E-state index is 0.742. The van der Waals surface area contributed by atoms with E-state index in [9.17, 15) is 0 Å². The monoisotopic (exact) mass is 360 g/mol. The number of hydrogen-bond acceptors (Lipinski definition) is 4. The van der Waals surface area contributed by atoms with Crippen molar-refractivity contribution < 1.29 is 0 Å². The van der Waals surface area contributed by atoms with Crippen molar-refractivity contribution in [3.8, 4) is 11.3 Å². The van der Waals surface area contributed by atoms with Crippen LogP contribution in [0.1, 0.15) is 38.5 Å². The lowest BCUT2D eigenvalue weighted by molar-refractivity contribution is 0.839. The first-order valence-corrected chi connectivity index (χ1v) is 10.2. The van der Waals surface area contributed by atoms with E-state index in [-0.39, 0.29) is 0 Å². The molecule has 0 radical (unpaired) electrons. The van der Waals surface area contributed by atoms with Crippen LogP contribution in [0.15, 0.2) is 60.2 Å². The van der Waals surface area contributed by atoms with Crippen LogP contribution in [0.3, 0.4) is 0 Å². The SMILES string of the molecule is C1=CC(CCCNc2nc(-c3ccccc3)cc(N3CCCC3)n2)=CCC1. The van der Waals surface area contributed by atoms with Gasteiger partial charge in [-0.3, -0.25) is 0 Å². The van der Waals surface area contributed by atoms with Crippen LogP contribution in [0.5, 0.6) is 0 Å². The number of benzene rings is 1. The van der Waals surface area contributed by atoms with Gasteiger partial charge in [0.1, 0.15) is 5.82 Å². The van der Waals surface area contributed by atoms with Crippen LogP contribution in [0, 0.1) is 0 Å². The van der Waals surface area contributed by atoms with Gasteiger partial charge in [0.15, 0.2) is 0 Å². The minimum Gasteiger partial charge on any atom is -0.356 e. The molecule has 0 spiro atoms. The molecule has 1 saturated heterocycles. The predicted octanol–water partition coefficient (Wildman–Crippen LogP) is 5.21. The van der Waals surface area contributed by atoms with E-state index in [1.807, 2.05) is 6.07 Å². The van der Waals surface area contributed by atoms with Crippen molar-refractivity contribution in [2.75, 3.05) is 29.9 Å². The van der Waals surface area contributed by atoms with Crippen molar-refractivity contribution in [3.05, 3.63) is 60.2 Å². The van der Waals surface area contributed by atoms with Crippen LogP contribution in [0.2, 0.25) is 0 Å². The normalized spacial score (nSPS) is 16.4. The summed E-state index contributed by atoms with van der Waals surface area (Å²) in [5, 5.41) is 3.46. The van der Waals surface area contributed by atoms with Crippen LogP contribution in [-0.4, -0.2) is 29.6 Å². The molecule has 4 heteroatoms. The van der Waals surface area contributed by atoms with Crippen molar-refractivity contribution in [1.29, 1.82) is 0 Å². The van der Waals surface area contributed by atoms with Crippen LogP contribution in [-0.2, 0) is 0 Å². The molecule has 2 aromatic rings. The Hall–Kier alpha value is -2.62. The highest BCUT2D eigenvalue weighted by atomic mass is 15.2. The zero-order valence-corrected chi connectivity index (χ0v) is 15.9. The topological polar surface area (TPSA) is 41.1 Å². The third kappa shape index (κ3) is 4.76. The van der Waals surface area contributed by atoms with Gasteiger partial charge in [0.25, 0.3) is 0 Å². The summed E-state index contributed by atoms with van der Waals surface area (Å²) in [5.41, 5.74) is 3.59. The molecule has 2 aliphatic rings. The molecule has 0 bridgehead atoms. The van der Waals surface area contributed by atoms with Gasteiger partial charge >= 0.3 is 0 Å². The number of aromatic nitrogens is 2. The highest BCUT2D eigenvalue weighted by molar-refractivity contribution is 5.65. The molecule has 27 heavy (non-hydrogen) atoms. The number of anilines is 2. The molecule has 4 nitrogen and oxygen atoms in total. The molecule has 0 saturated carbocycles. The fourth-order valence-electron chi connectivity index (χ4n) is 3.72. The van der Waals surface area contributed by atoms with E-state index >= 15 is 0 Å². The van der Waals surface area contributed by atoms with Crippen LogP contribution in [0.4, 0.5) is 11.8 Å². The van der Waals surface area contributed by atoms with E-state index in [1.165, 1.54) is 31.3 Å². The van der Waals surface area contributed by atoms with Gasteiger partial charge in [0.05, 0.1) is 5.69 Å². The summed E-state index contributed by atoms with van der Waals surface area (Å²) >= 11 is 0. The molecule has 0 atom stereocenters. The molecule has 1 aromatic heterocycles. The smallest absolute Gasteiger partial charge is 0.225 e. The lowest BCUT2D eigenvalue weighted by atomic mass is 10.0. The third-order valence-corrected chi connectivity index (χ3v) is 5.21. The van der Waals surface area contributed by atoms with Crippen molar-refractivity contribution in [3.63, 3.8) is 0 Å². The first kappa shape index (κ1) is 17.8. The minimum absolute atomic E-state index is 0.742. The highest BCUT2D eigenvalue weighted by Crippen LogP contribution is 2.25. The molecule has 4 rings (SSSR count). The zero-order valence-electron chi connectivity index (χ0n) is 15.9. The van der Waals surface area contributed by atoms with Crippen molar-refractivity contribution in [1.82, 2.24) is 9.97 Å². The Morgan fingerprint density at radius 2 is 1.85 bits per heavy atom. The maximum atomic E-state index is 4.80. The third-order valence-electron chi connectivity index (χ3n) is 5.21.